The van der Waals surface area contributed by atoms with E-state index in [9.17, 15) is 18.8 Å². The van der Waals surface area contributed by atoms with Crippen LogP contribution in [0.4, 0.5) is 14.9 Å². The Labute approximate surface area is 165 Å². The predicted octanol–water partition coefficient (Wildman–Crippen LogP) is 2.24. The van der Waals surface area contributed by atoms with E-state index >= 15 is 0 Å². The Morgan fingerprint density at radius 3 is 2.61 bits per heavy atom. The van der Waals surface area contributed by atoms with Gasteiger partial charge in [-0.3, -0.25) is 19.2 Å². The summed E-state index contributed by atoms with van der Waals surface area (Å²) < 4.78 is 14.9. The summed E-state index contributed by atoms with van der Waals surface area (Å²) in [5.74, 6) is -1.76. The van der Waals surface area contributed by atoms with E-state index in [2.05, 4.69) is 15.7 Å². The molecule has 1 saturated heterocycles. The van der Waals surface area contributed by atoms with Gasteiger partial charge in [-0.15, -0.1) is 0 Å². The van der Waals surface area contributed by atoms with Crippen molar-refractivity contribution in [1.29, 1.82) is 0 Å². The SMILES string of the molecule is Cc1nn(C)c(C)c1NC(=O)CN1C(=O)NC(C)(c2ccc(F)cc2Cl)C1=O. The molecular formula is C18H19ClFN5O3. The third-order valence-electron chi connectivity index (χ3n) is 4.82. The molecule has 0 saturated carbocycles. The standard InChI is InChI=1S/C18H19ClFN5O3/c1-9-15(10(2)24(4)23-9)21-14(26)8-25-16(27)18(3,22-17(25)28)12-6-5-11(20)7-13(12)19/h5-7H,8H2,1-4H3,(H,21,26)(H,22,28). The van der Waals surface area contributed by atoms with Crippen molar-refractivity contribution in [3.05, 3.63) is 46.0 Å². The lowest BCUT2D eigenvalue weighted by atomic mass is 9.92. The Morgan fingerprint density at radius 1 is 1.36 bits per heavy atom. The number of halogens is 2. The smallest absolute Gasteiger partial charge is 0.321 e. The van der Waals surface area contributed by atoms with Crippen LogP contribution in [0.15, 0.2) is 18.2 Å². The molecule has 4 amide bonds. The number of nitrogens with zero attached hydrogens (tertiary/aromatic N) is 3. The molecule has 1 aromatic heterocycles. The van der Waals surface area contributed by atoms with Gasteiger partial charge in [0, 0.05) is 17.6 Å². The second-order valence-electron chi connectivity index (χ2n) is 6.79. The highest BCUT2D eigenvalue weighted by molar-refractivity contribution is 6.32. The molecule has 1 aliphatic rings. The number of aromatic nitrogens is 2. The highest BCUT2D eigenvalue weighted by atomic mass is 35.5. The molecule has 0 spiro atoms. The molecule has 3 rings (SSSR count). The zero-order valence-corrected chi connectivity index (χ0v) is 16.5. The van der Waals surface area contributed by atoms with E-state index in [-0.39, 0.29) is 10.6 Å². The number of nitrogens with one attached hydrogen (secondary N) is 2. The second-order valence-corrected chi connectivity index (χ2v) is 7.20. The van der Waals surface area contributed by atoms with Crippen molar-refractivity contribution < 1.29 is 18.8 Å². The van der Waals surface area contributed by atoms with E-state index in [1.807, 2.05) is 0 Å². The predicted molar refractivity (Wildman–Crippen MR) is 100 cm³/mol. The van der Waals surface area contributed by atoms with E-state index in [1.54, 1.807) is 25.6 Å². The highest BCUT2D eigenvalue weighted by Crippen LogP contribution is 2.34. The monoisotopic (exact) mass is 407 g/mol. The first kappa shape index (κ1) is 19.8. The zero-order valence-electron chi connectivity index (χ0n) is 15.8. The fourth-order valence-corrected chi connectivity index (χ4v) is 3.55. The van der Waals surface area contributed by atoms with Gasteiger partial charge in [0.2, 0.25) is 5.91 Å². The van der Waals surface area contributed by atoms with Crippen LogP contribution in [0.3, 0.4) is 0 Å². The molecule has 2 heterocycles. The van der Waals surface area contributed by atoms with Gasteiger partial charge in [-0.25, -0.2) is 9.18 Å². The number of rotatable bonds is 4. The number of carbonyl (C=O) groups is 3. The molecular weight excluding hydrogens is 389 g/mol. The summed E-state index contributed by atoms with van der Waals surface area (Å²) in [6.45, 7) is 4.51. The minimum atomic E-state index is -1.50. The maximum Gasteiger partial charge on any atom is 0.325 e. The number of amides is 4. The molecule has 148 valence electrons. The summed E-state index contributed by atoms with van der Waals surface area (Å²) in [5, 5.41) is 9.42. The number of anilines is 1. The Balaban J connectivity index is 1.81. The van der Waals surface area contributed by atoms with E-state index in [1.165, 1.54) is 13.0 Å². The van der Waals surface area contributed by atoms with Crippen molar-refractivity contribution in [2.75, 3.05) is 11.9 Å². The normalized spacial score (nSPS) is 19.1. The van der Waals surface area contributed by atoms with Gasteiger partial charge in [-0.1, -0.05) is 17.7 Å². The number of benzene rings is 1. The van der Waals surface area contributed by atoms with Gasteiger partial charge in [-0.2, -0.15) is 5.10 Å². The topological polar surface area (TPSA) is 96.3 Å². The summed E-state index contributed by atoms with van der Waals surface area (Å²) in [4.78, 5) is 38.5. The zero-order chi connectivity index (χ0) is 20.8. The first-order valence-corrected chi connectivity index (χ1v) is 8.82. The average Bonchev–Trinajstić information content (AvgIpc) is 2.96. The number of aryl methyl sites for hydroxylation is 2. The maximum absolute atomic E-state index is 13.3. The van der Waals surface area contributed by atoms with Crippen molar-refractivity contribution >= 4 is 35.1 Å². The van der Waals surface area contributed by atoms with Crippen LogP contribution < -0.4 is 10.6 Å². The quantitative estimate of drug-likeness (QED) is 0.759. The number of imide groups is 1. The lowest BCUT2D eigenvalue weighted by Crippen LogP contribution is -2.42. The minimum Gasteiger partial charge on any atom is -0.321 e. The van der Waals surface area contributed by atoms with Crippen LogP contribution in [-0.2, 0) is 22.2 Å². The second kappa shape index (κ2) is 6.90. The van der Waals surface area contributed by atoms with Crippen molar-refractivity contribution in [1.82, 2.24) is 20.0 Å². The highest BCUT2D eigenvalue weighted by Gasteiger charge is 2.50. The Hall–Kier alpha value is -2.94. The van der Waals surface area contributed by atoms with Gasteiger partial charge in [0.05, 0.1) is 17.1 Å². The summed E-state index contributed by atoms with van der Waals surface area (Å²) in [6.07, 6.45) is 0. The molecule has 1 fully saturated rings. The molecule has 0 aliphatic carbocycles. The molecule has 1 unspecified atom stereocenters. The molecule has 10 heteroatoms. The average molecular weight is 408 g/mol. The van der Waals surface area contributed by atoms with Crippen LogP contribution in [0.25, 0.3) is 0 Å². The molecule has 2 aromatic rings. The third kappa shape index (κ3) is 3.22. The van der Waals surface area contributed by atoms with E-state index in [4.69, 9.17) is 11.6 Å². The van der Waals surface area contributed by atoms with Gasteiger partial charge < -0.3 is 10.6 Å². The Morgan fingerprint density at radius 2 is 2.04 bits per heavy atom. The summed E-state index contributed by atoms with van der Waals surface area (Å²) in [6, 6.07) is 2.81. The molecule has 2 N–H and O–H groups in total. The van der Waals surface area contributed by atoms with Gasteiger partial charge >= 0.3 is 6.03 Å². The third-order valence-corrected chi connectivity index (χ3v) is 5.13. The summed E-state index contributed by atoms with van der Waals surface area (Å²) in [5.41, 5.74) is 0.640. The van der Waals surface area contributed by atoms with Crippen molar-refractivity contribution in [2.45, 2.75) is 26.3 Å². The van der Waals surface area contributed by atoms with Crippen LogP contribution >= 0.6 is 11.6 Å². The number of urea groups is 1. The van der Waals surface area contributed by atoms with E-state index in [0.717, 1.165) is 22.7 Å². The van der Waals surface area contributed by atoms with Crippen LogP contribution in [0, 0.1) is 19.7 Å². The van der Waals surface area contributed by atoms with Crippen LogP contribution in [-0.4, -0.2) is 39.1 Å². The molecule has 1 aliphatic heterocycles. The first-order chi connectivity index (χ1) is 13.0. The lowest BCUT2D eigenvalue weighted by Gasteiger charge is -2.23. The Kier molecular flexibility index (Phi) is 4.88. The fourth-order valence-electron chi connectivity index (χ4n) is 3.20. The molecule has 0 bridgehead atoms. The maximum atomic E-state index is 13.3. The van der Waals surface area contributed by atoms with Crippen LogP contribution in [0.5, 0.6) is 0 Å². The van der Waals surface area contributed by atoms with Crippen LogP contribution in [0.1, 0.15) is 23.9 Å². The number of hydrogen-bond donors (Lipinski definition) is 2. The van der Waals surface area contributed by atoms with Crippen molar-refractivity contribution in [3.63, 3.8) is 0 Å². The molecule has 1 atom stereocenters. The molecule has 1 aromatic carbocycles. The first-order valence-electron chi connectivity index (χ1n) is 8.44. The summed E-state index contributed by atoms with van der Waals surface area (Å²) in [7, 11) is 1.74. The van der Waals surface area contributed by atoms with E-state index < -0.39 is 35.7 Å². The van der Waals surface area contributed by atoms with Crippen molar-refractivity contribution in [2.24, 2.45) is 7.05 Å². The minimum absolute atomic E-state index is 0.00376. The largest absolute Gasteiger partial charge is 0.325 e. The van der Waals surface area contributed by atoms with Crippen molar-refractivity contribution in [3.8, 4) is 0 Å². The molecule has 28 heavy (non-hydrogen) atoms. The van der Waals surface area contributed by atoms with Gasteiger partial charge in [0.15, 0.2) is 0 Å². The summed E-state index contributed by atoms with van der Waals surface area (Å²) >= 11 is 6.06. The van der Waals surface area contributed by atoms with Gasteiger partial charge in [0.25, 0.3) is 5.91 Å². The van der Waals surface area contributed by atoms with E-state index in [0.29, 0.717) is 11.4 Å². The molecule has 0 radical (unpaired) electrons. The van der Waals surface area contributed by atoms with Gasteiger partial charge in [0.1, 0.15) is 17.9 Å². The van der Waals surface area contributed by atoms with Crippen LogP contribution in [0.2, 0.25) is 5.02 Å². The number of hydrogen-bond acceptors (Lipinski definition) is 4. The lowest BCUT2D eigenvalue weighted by molar-refractivity contribution is -0.133. The molecule has 8 nitrogen and oxygen atoms in total. The Bertz CT molecular complexity index is 1010. The van der Waals surface area contributed by atoms with Gasteiger partial charge in [-0.05, 0) is 32.9 Å². The number of carbonyl (C=O) groups excluding carboxylic acids is 3. The fraction of sp³-hybridized carbons (Fsp3) is 0.333.